The van der Waals surface area contributed by atoms with E-state index in [1.165, 1.54) is 66.4 Å². The molecule has 10 aromatic rings. The van der Waals surface area contributed by atoms with Gasteiger partial charge in [-0.15, -0.1) is 0 Å². The van der Waals surface area contributed by atoms with Crippen LogP contribution in [0.25, 0.3) is 32.7 Å². The van der Waals surface area contributed by atoms with Gasteiger partial charge in [-0.2, -0.15) is 0 Å². The fourth-order valence-corrected chi connectivity index (χ4v) is 12.2. The van der Waals surface area contributed by atoms with Crippen molar-refractivity contribution < 1.29 is 0 Å². The molecule has 0 atom stereocenters. The van der Waals surface area contributed by atoms with Crippen LogP contribution in [0.1, 0.15) is 107 Å². The molecule has 0 fully saturated rings. The molecule has 0 N–H and O–H groups in total. The molecule has 0 amide bonds. The van der Waals surface area contributed by atoms with Gasteiger partial charge in [0, 0.05) is 53.2 Å². The zero-order valence-corrected chi connectivity index (χ0v) is 47.5. The summed E-state index contributed by atoms with van der Waals surface area (Å²) in [5, 5.41) is 4.67. The van der Waals surface area contributed by atoms with E-state index in [1.807, 2.05) is 0 Å². The summed E-state index contributed by atoms with van der Waals surface area (Å²) in [5.41, 5.74) is 18.8. The summed E-state index contributed by atoms with van der Waals surface area (Å²) < 4.78 is 2.12. The van der Waals surface area contributed by atoms with Crippen molar-refractivity contribution in [1.29, 1.82) is 0 Å². The van der Waals surface area contributed by atoms with Gasteiger partial charge in [-0.25, -0.2) is 0 Å². The van der Waals surface area contributed by atoms with Crippen LogP contribution in [0.2, 0.25) is 0 Å². The first-order chi connectivity index (χ1) is 35.3. The molecule has 2 nitrogen and oxygen atoms in total. The number of hydrogen-bond donors (Lipinski definition) is 0. The lowest BCUT2D eigenvalue weighted by Gasteiger charge is -2.35. The average molecular weight is 1090 g/mol. The van der Waals surface area contributed by atoms with Crippen LogP contribution in [0.3, 0.4) is 0 Å². The minimum atomic E-state index is -0.579. The van der Waals surface area contributed by atoms with Crippen LogP contribution < -0.4 is 9.80 Å². The van der Waals surface area contributed by atoms with Gasteiger partial charge in [0.05, 0.1) is 16.8 Å². The van der Waals surface area contributed by atoms with Crippen molar-refractivity contribution in [2.24, 2.45) is 0 Å². The summed E-state index contributed by atoms with van der Waals surface area (Å²) in [7, 11) is 0. The summed E-state index contributed by atoms with van der Waals surface area (Å²) >= 11 is 7.82. The quantitative estimate of drug-likeness (QED) is 0.111. The second-order valence-electron chi connectivity index (χ2n) is 23.4. The van der Waals surface area contributed by atoms with E-state index in [9.17, 15) is 0 Å². The zero-order valence-electron chi connectivity index (χ0n) is 44.3. The smallest absolute Gasteiger partial charge is 0.0714 e. The predicted octanol–water partition coefficient (Wildman–Crippen LogP) is 21.0. The van der Waals surface area contributed by atoms with E-state index in [0.717, 1.165) is 53.8 Å². The molecule has 10 aromatic carbocycles. The predicted molar refractivity (Wildman–Crippen MR) is 324 cm³/mol. The van der Waals surface area contributed by atoms with Gasteiger partial charge in [0.15, 0.2) is 0 Å². The standard InChI is InChI=1S/C70H64Br2N2/c1-45-19-21-49(22-20-45)70(63-43-51(71)31-41-57(63)58-42-32-52(72)44-64(58)70)50-29-39-56(40-30-50)74(55-37-27-48(28-38-55)69(8,9)10)66-61-17-13-11-15-59(61)65(60-16-12-14-18-62(60)66)73(53-33-23-46(24-34-53)67(2,3)4)54-35-25-47(26-36-54)68(5,6)7/h11-44H,1-10H3. The Bertz CT molecular complexity index is 3550. The van der Waals surface area contributed by atoms with Crippen molar-refractivity contribution >= 4 is 87.5 Å². The van der Waals surface area contributed by atoms with Crippen molar-refractivity contribution in [2.75, 3.05) is 9.80 Å². The fourth-order valence-electron chi connectivity index (χ4n) is 11.4. The number of halogens is 2. The van der Waals surface area contributed by atoms with Gasteiger partial charge in [-0.05, 0) is 146 Å². The summed E-state index contributed by atoms with van der Waals surface area (Å²) in [4.78, 5) is 5.00. The van der Waals surface area contributed by atoms with Crippen molar-refractivity contribution in [3.63, 3.8) is 0 Å². The van der Waals surface area contributed by atoms with E-state index in [-0.39, 0.29) is 16.2 Å². The van der Waals surface area contributed by atoms with Crippen LogP contribution in [-0.4, -0.2) is 0 Å². The van der Waals surface area contributed by atoms with Gasteiger partial charge in [-0.1, -0.05) is 233 Å². The highest BCUT2D eigenvalue weighted by Crippen LogP contribution is 2.58. The summed E-state index contributed by atoms with van der Waals surface area (Å²) in [5.74, 6) is 0. The fraction of sp³-hybridized carbons (Fsp3) is 0.200. The Hall–Kier alpha value is -6.72. The molecule has 0 bridgehead atoms. The molecule has 0 aliphatic heterocycles. The highest BCUT2D eigenvalue weighted by molar-refractivity contribution is 9.10. The van der Waals surface area contributed by atoms with Crippen LogP contribution in [0.5, 0.6) is 0 Å². The zero-order chi connectivity index (χ0) is 51.9. The molecule has 74 heavy (non-hydrogen) atoms. The second-order valence-corrected chi connectivity index (χ2v) is 25.2. The molecular weight excluding hydrogens is 1030 g/mol. The SMILES string of the molecule is Cc1ccc(C2(c3ccc(N(c4ccc(C(C)(C)C)cc4)c4c5ccccc5c(N(c5ccc(C(C)(C)C)cc5)c5ccc(C(C)(C)C)cc5)c5ccccc45)cc3)c3cc(Br)ccc3-c3ccc(Br)cc32)cc1. The van der Waals surface area contributed by atoms with Crippen molar-refractivity contribution in [2.45, 2.75) is 90.9 Å². The number of nitrogens with zero attached hydrogens (tertiary/aromatic N) is 2. The van der Waals surface area contributed by atoms with Crippen LogP contribution in [-0.2, 0) is 21.7 Å². The number of aryl methyl sites for hydroxylation is 1. The maximum absolute atomic E-state index is 3.91. The summed E-state index contributed by atoms with van der Waals surface area (Å²) in [6.07, 6.45) is 0. The van der Waals surface area contributed by atoms with Gasteiger partial charge in [-0.3, -0.25) is 0 Å². The van der Waals surface area contributed by atoms with E-state index in [1.54, 1.807) is 0 Å². The van der Waals surface area contributed by atoms with Crippen molar-refractivity contribution in [3.8, 4) is 11.1 Å². The van der Waals surface area contributed by atoms with E-state index in [2.05, 4.69) is 317 Å². The molecule has 0 saturated heterocycles. The molecule has 11 rings (SSSR count). The number of rotatable bonds is 8. The lowest BCUT2D eigenvalue weighted by atomic mass is 9.67. The first-order valence-electron chi connectivity index (χ1n) is 26.0. The van der Waals surface area contributed by atoms with Gasteiger partial charge >= 0.3 is 0 Å². The monoisotopic (exact) mass is 1090 g/mol. The molecule has 0 radical (unpaired) electrons. The Morgan fingerprint density at radius 1 is 0.338 bits per heavy atom. The molecule has 0 aromatic heterocycles. The first kappa shape index (κ1) is 49.5. The normalized spacial score (nSPS) is 13.2. The minimum Gasteiger partial charge on any atom is -0.309 e. The number of fused-ring (bicyclic) bond motifs is 5. The Morgan fingerprint density at radius 2 is 0.622 bits per heavy atom. The molecular formula is C70H64Br2N2. The Kier molecular flexibility index (Phi) is 12.4. The van der Waals surface area contributed by atoms with Crippen molar-refractivity contribution in [1.82, 2.24) is 0 Å². The summed E-state index contributed by atoms with van der Waals surface area (Å²) in [6, 6.07) is 78.0. The average Bonchev–Trinajstić information content (AvgIpc) is 3.66. The van der Waals surface area contributed by atoms with E-state index >= 15 is 0 Å². The molecule has 0 unspecified atom stereocenters. The lowest BCUT2D eigenvalue weighted by molar-refractivity contribution is 0.590. The molecule has 1 aliphatic carbocycles. The van der Waals surface area contributed by atoms with E-state index < -0.39 is 5.41 Å². The maximum Gasteiger partial charge on any atom is 0.0714 e. The molecule has 368 valence electrons. The molecule has 1 aliphatic rings. The largest absolute Gasteiger partial charge is 0.309 e. The van der Waals surface area contributed by atoms with Crippen LogP contribution in [0.15, 0.2) is 215 Å². The third-order valence-corrected chi connectivity index (χ3v) is 16.4. The number of anilines is 6. The number of hydrogen-bond acceptors (Lipinski definition) is 2. The molecule has 0 saturated carbocycles. The third kappa shape index (κ3) is 8.58. The van der Waals surface area contributed by atoms with Crippen LogP contribution in [0, 0.1) is 6.92 Å². The Labute approximate surface area is 456 Å². The third-order valence-electron chi connectivity index (χ3n) is 15.4. The van der Waals surface area contributed by atoms with Gasteiger partial charge in [0.2, 0.25) is 0 Å². The first-order valence-corrected chi connectivity index (χ1v) is 27.5. The molecule has 0 spiro atoms. The van der Waals surface area contributed by atoms with Crippen molar-refractivity contribution in [3.05, 3.63) is 260 Å². The highest BCUT2D eigenvalue weighted by Gasteiger charge is 2.46. The molecule has 4 heteroatoms. The lowest BCUT2D eigenvalue weighted by Crippen LogP contribution is -2.28. The molecule has 0 heterocycles. The van der Waals surface area contributed by atoms with Gasteiger partial charge < -0.3 is 9.80 Å². The van der Waals surface area contributed by atoms with Gasteiger partial charge in [0.1, 0.15) is 0 Å². The second kappa shape index (κ2) is 18.6. The summed E-state index contributed by atoms with van der Waals surface area (Å²) in [6.45, 7) is 22.8. The highest BCUT2D eigenvalue weighted by atomic mass is 79.9. The topological polar surface area (TPSA) is 6.48 Å². The minimum absolute atomic E-state index is 0.00612. The Balaban J connectivity index is 1.17. The van der Waals surface area contributed by atoms with Crippen LogP contribution in [0.4, 0.5) is 34.1 Å². The van der Waals surface area contributed by atoms with Gasteiger partial charge in [0.25, 0.3) is 0 Å². The van der Waals surface area contributed by atoms with Crippen LogP contribution >= 0.6 is 31.9 Å². The maximum atomic E-state index is 3.91. The van der Waals surface area contributed by atoms with E-state index in [0.29, 0.717) is 0 Å². The Morgan fingerprint density at radius 3 is 0.919 bits per heavy atom. The van der Waals surface area contributed by atoms with E-state index in [4.69, 9.17) is 0 Å². The number of benzene rings is 10.